The Kier molecular flexibility index (Phi) is 4.31. The number of nitrogens with two attached hydrogens (primary N) is 1. The fourth-order valence-electron chi connectivity index (χ4n) is 3.30. The van der Waals surface area contributed by atoms with Crippen molar-refractivity contribution >= 4 is 23.3 Å². The van der Waals surface area contributed by atoms with Crippen LogP contribution in [0.1, 0.15) is 25.7 Å². The zero-order chi connectivity index (χ0) is 14.8. The first-order chi connectivity index (χ1) is 10.1. The average molecular weight is 309 g/mol. The number of hydrogen-bond donors (Lipinski definition) is 2. The first-order valence-corrected chi connectivity index (χ1v) is 7.94. The van der Waals surface area contributed by atoms with Gasteiger partial charge in [0.1, 0.15) is 5.82 Å². The molecule has 3 N–H and O–H groups in total. The summed E-state index contributed by atoms with van der Waals surface area (Å²) in [5.74, 6) is 0.893. The van der Waals surface area contributed by atoms with Crippen molar-refractivity contribution in [1.29, 1.82) is 0 Å². The van der Waals surface area contributed by atoms with E-state index in [1.807, 2.05) is 12.1 Å². The molecule has 1 saturated carbocycles. The molecule has 3 atom stereocenters. The van der Waals surface area contributed by atoms with Crippen LogP contribution >= 0.6 is 11.6 Å². The minimum Gasteiger partial charge on any atom is -0.353 e. The van der Waals surface area contributed by atoms with Crippen molar-refractivity contribution in [1.82, 2.24) is 10.3 Å². The van der Waals surface area contributed by atoms with Gasteiger partial charge in [0, 0.05) is 31.4 Å². The van der Waals surface area contributed by atoms with Crippen molar-refractivity contribution in [3.05, 3.63) is 23.4 Å². The summed E-state index contributed by atoms with van der Waals surface area (Å²) in [4.78, 5) is 18.7. The molecule has 0 spiro atoms. The van der Waals surface area contributed by atoms with Gasteiger partial charge in [-0.2, -0.15) is 0 Å². The molecule has 2 heterocycles. The van der Waals surface area contributed by atoms with Crippen LogP contribution in [-0.4, -0.2) is 36.1 Å². The molecule has 1 aliphatic carbocycles. The fourth-order valence-corrected chi connectivity index (χ4v) is 3.54. The van der Waals surface area contributed by atoms with Crippen LogP contribution in [0.15, 0.2) is 18.3 Å². The Labute approximate surface area is 129 Å². The molecular weight excluding hydrogens is 288 g/mol. The first kappa shape index (κ1) is 14.6. The number of carbonyl (C=O) groups is 1. The van der Waals surface area contributed by atoms with Crippen LogP contribution in [0.4, 0.5) is 5.82 Å². The number of amides is 1. The van der Waals surface area contributed by atoms with Gasteiger partial charge in [-0.1, -0.05) is 18.0 Å². The predicted molar refractivity (Wildman–Crippen MR) is 83.3 cm³/mol. The van der Waals surface area contributed by atoms with Crippen LogP contribution in [0.25, 0.3) is 0 Å². The third-order valence-electron chi connectivity index (χ3n) is 4.48. The van der Waals surface area contributed by atoms with Crippen LogP contribution in [-0.2, 0) is 4.79 Å². The molecule has 6 heteroatoms. The second-order valence-corrected chi connectivity index (χ2v) is 6.36. The van der Waals surface area contributed by atoms with Crippen LogP contribution in [0.2, 0.25) is 5.02 Å². The molecule has 2 fully saturated rings. The van der Waals surface area contributed by atoms with Gasteiger partial charge in [-0.05, 0) is 31.4 Å². The quantitative estimate of drug-likeness (QED) is 0.889. The lowest BCUT2D eigenvalue weighted by molar-refractivity contribution is -0.125. The minimum atomic E-state index is -0.0162. The van der Waals surface area contributed by atoms with Gasteiger partial charge in [0.15, 0.2) is 0 Å². The van der Waals surface area contributed by atoms with Crippen LogP contribution in [0.5, 0.6) is 0 Å². The molecular formula is C15H21ClN4O. The van der Waals surface area contributed by atoms with Gasteiger partial charge in [-0.3, -0.25) is 4.79 Å². The standard InChI is InChI=1S/C15H21ClN4O/c16-12-4-2-7-18-14(12)20-8-6-10(9-20)19-15(21)11-3-1-5-13(11)17/h2,4,7,10-11,13H,1,3,5-6,8-9,17H2,(H,19,21)/t10-,11+,13-/m1/s1. The van der Waals surface area contributed by atoms with Crippen molar-refractivity contribution in [3.63, 3.8) is 0 Å². The highest BCUT2D eigenvalue weighted by Crippen LogP contribution is 2.27. The normalized spacial score (nSPS) is 28.9. The number of pyridine rings is 1. The smallest absolute Gasteiger partial charge is 0.224 e. The monoisotopic (exact) mass is 308 g/mol. The number of halogens is 1. The zero-order valence-corrected chi connectivity index (χ0v) is 12.7. The molecule has 2 aliphatic rings. The number of anilines is 1. The summed E-state index contributed by atoms with van der Waals surface area (Å²) in [6.45, 7) is 1.61. The second kappa shape index (κ2) is 6.20. The molecule has 1 saturated heterocycles. The van der Waals surface area contributed by atoms with Gasteiger partial charge in [0.25, 0.3) is 0 Å². The number of aromatic nitrogens is 1. The van der Waals surface area contributed by atoms with E-state index in [-0.39, 0.29) is 23.9 Å². The number of hydrogen-bond acceptors (Lipinski definition) is 4. The number of carbonyl (C=O) groups excluding carboxylic acids is 1. The van der Waals surface area contributed by atoms with E-state index in [4.69, 9.17) is 17.3 Å². The van der Waals surface area contributed by atoms with E-state index in [1.165, 1.54) is 0 Å². The Morgan fingerprint density at radius 3 is 3.00 bits per heavy atom. The van der Waals surface area contributed by atoms with E-state index in [1.54, 1.807) is 6.20 Å². The van der Waals surface area contributed by atoms with E-state index in [2.05, 4.69) is 15.2 Å². The summed E-state index contributed by atoms with van der Waals surface area (Å²) in [7, 11) is 0. The fraction of sp³-hybridized carbons (Fsp3) is 0.600. The lowest BCUT2D eigenvalue weighted by Gasteiger charge is -2.21. The molecule has 0 radical (unpaired) electrons. The van der Waals surface area contributed by atoms with Crippen molar-refractivity contribution in [2.75, 3.05) is 18.0 Å². The van der Waals surface area contributed by atoms with E-state index < -0.39 is 0 Å². The highest BCUT2D eigenvalue weighted by atomic mass is 35.5. The Hall–Kier alpha value is -1.33. The molecule has 0 unspecified atom stereocenters. The van der Waals surface area contributed by atoms with Crippen LogP contribution in [0, 0.1) is 5.92 Å². The SMILES string of the molecule is N[C@@H]1CCC[C@@H]1C(=O)N[C@@H]1CCN(c2ncccc2Cl)C1. The second-order valence-electron chi connectivity index (χ2n) is 5.95. The van der Waals surface area contributed by atoms with Gasteiger partial charge < -0.3 is 16.0 Å². The van der Waals surface area contributed by atoms with E-state index in [9.17, 15) is 4.79 Å². The maximum absolute atomic E-state index is 12.3. The topological polar surface area (TPSA) is 71.2 Å². The summed E-state index contributed by atoms with van der Waals surface area (Å²) in [6.07, 6.45) is 5.58. The largest absolute Gasteiger partial charge is 0.353 e. The van der Waals surface area contributed by atoms with E-state index in [0.29, 0.717) is 5.02 Å². The Morgan fingerprint density at radius 1 is 1.43 bits per heavy atom. The van der Waals surface area contributed by atoms with Gasteiger partial charge in [0.2, 0.25) is 5.91 Å². The minimum absolute atomic E-state index is 0.0162. The molecule has 114 valence electrons. The average Bonchev–Trinajstić information content (AvgIpc) is 3.08. The molecule has 5 nitrogen and oxygen atoms in total. The number of nitrogens with zero attached hydrogens (tertiary/aromatic N) is 2. The molecule has 0 bridgehead atoms. The lowest BCUT2D eigenvalue weighted by atomic mass is 10.0. The van der Waals surface area contributed by atoms with Gasteiger partial charge in [0.05, 0.1) is 10.9 Å². The van der Waals surface area contributed by atoms with E-state index in [0.717, 1.165) is 44.6 Å². The van der Waals surface area contributed by atoms with E-state index >= 15 is 0 Å². The van der Waals surface area contributed by atoms with Crippen molar-refractivity contribution in [2.45, 2.75) is 37.8 Å². The Balaban J connectivity index is 1.58. The summed E-state index contributed by atoms with van der Waals surface area (Å²) in [5, 5.41) is 3.79. The number of rotatable bonds is 3. The van der Waals surface area contributed by atoms with Crippen molar-refractivity contribution < 1.29 is 4.79 Å². The van der Waals surface area contributed by atoms with Gasteiger partial charge in [-0.15, -0.1) is 0 Å². The summed E-state index contributed by atoms with van der Waals surface area (Å²) >= 11 is 6.17. The van der Waals surface area contributed by atoms with Crippen molar-refractivity contribution in [3.8, 4) is 0 Å². The van der Waals surface area contributed by atoms with Crippen molar-refractivity contribution in [2.24, 2.45) is 11.7 Å². The van der Waals surface area contributed by atoms with Gasteiger partial charge >= 0.3 is 0 Å². The van der Waals surface area contributed by atoms with Crippen LogP contribution < -0.4 is 16.0 Å². The zero-order valence-electron chi connectivity index (χ0n) is 12.0. The third kappa shape index (κ3) is 3.14. The molecule has 1 amide bonds. The maximum Gasteiger partial charge on any atom is 0.224 e. The molecule has 1 aromatic rings. The highest BCUT2D eigenvalue weighted by Gasteiger charge is 2.33. The molecule has 21 heavy (non-hydrogen) atoms. The third-order valence-corrected chi connectivity index (χ3v) is 4.77. The Bertz CT molecular complexity index is 524. The maximum atomic E-state index is 12.3. The summed E-state index contributed by atoms with van der Waals surface area (Å²) < 4.78 is 0. The summed E-state index contributed by atoms with van der Waals surface area (Å²) in [5.41, 5.74) is 5.99. The first-order valence-electron chi connectivity index (χ1n) is 7.56. The molecule has 3 rings (SSSR count). The number of nitrogens with one attached hydrogen (secondary N) is 1. The van der Waals surface area contributed by atoms with Crippen LogP contribution in [0.3, 0.4) is 0 Å². The van der Waals surface area contributed by atoms with Gasteiger partial charge in [-0.25, -0.2) is 4.98 Å². The Morgan fingerprint density at radius 2 is 2.29 bits per heavy atom. The highest BCUT2D eigenvalue weighted by molar-refractivity contribution is 6.32. The molecule has 0 aromatic carbocycles. The summed E-state index contributed by atoms with van der Waals surface area (Å²) in [6, 6.07) is 3.84. The molecule has 1 aromatic heterocycles. The predicted octanol–water partition coefficient (Wildman–Crippen LogP) is 1.56. The lowest BCUT2D eigenvalue weighted by Crippen LogP contribution is -2.44. The molecule has 1 aliphatic heterocycles.